The van der Waals surface area contributed by atoms with Crippen LogP contribution in [0.4, 0.5) is 0 Å². The molecule has 6 nitrogen and oxygen atoms in total. The molecule has 2 aromatic carbocycles. The van der Waals surface area contributed by atoms with Crippen LogP contribution in [-0.4, -0.2) is 36.5 Å². The number of ether oxygens (including phenoxy) is 1. The van der Waals surface area contributed by atoms with Crippen LogP contribution in [0.25, 0.3) is 11.1 Å². The van der Waals surface area contributed by atoms with Gasteiger partial charge in [-0.15, -0.1) is 0 Å². The van der Waals surface area contributed by atoms with Crippen molar-refractivity contribution in [1.82, 2.24) is 8.87 Å². The van der Waals surface area contributed by atoms with Crippen molar-refractivity contribution in [2.75, 3.05) is 13.1 Å². The molecular weight excluding hydrogens is 388 g/mol. The first kappa shape index (κ1) is 19.4. The highest BCUT2D eigenvalue weighted by Crippen LogP contribution is 2.28. The molecule has 0 N–H and O–H groups in total. The zero-order valence-corrected chi connectivity index (χ0v) is 17.1. The van der Waals surface area contributed by atoms with E-state index in [0.29, 0.717) is 5.75 Å². The van der Waals surface area contributed by atoms with Crippen molar-refractivity contribution in [2.45, 2.75) is 17.9 Å². The number of pyridine rings is 1. The minimum Gasteiger partial charge on any atom is -0.487 e. The molecule has 2 heterocycles. The van der Waals surface area contributed by atoms with E-state index in [-0.39, 0.29) is 29.6 Å². The molecule has 0 bridgehead atoms. The number of benzene rings is 2. The lowest BCUT2D eigenvalue weighted by Gasteiger charge is -2.37. The summed E-state index contributed by atoms with van der Waals surface area (Å²) in [7, 11) is -1.90. The van der Waals surface area contributed by atoms with E-state index in [2.05, 4.69) is 0 Å². The Balaban J connectivity index is 1.47. The predicted octanol–water partition coefficient (Wildman–Crippen LogP) is 2.81. The van der Waals surface area contributed by atoms with Crippen molar-refractivity contribution in [3.05, 3.63) is 82.8 Å². The van der Waals surface area contributed by atoms with Crippen molar-refractivity contribution in [3.63, 3.8) is 0 Å². The van der Waals surface area contributed by atoms with Gasteiger partial charge in [-0.05, 0) is 36.2 Å². The first-order valence-electron chi connectivity index (χ1n) is 9.34. The molecule has 0 radical (unpaired) electrons. The lowest BCUT2D eigenvalue weighted by atomic mass is 10.1. The number of rotatable bonds is 5. The lowest BCUT2D eigenvalue weighted by Crippen LogP contribution is -2.56. The summed E-state index contributed by atoms with van der Waals surface area (Å²) in [5.41, 5.74) is 2.46. The molecule has 4 rings (SSSR count). The summed E-state index contributed by atoms with van der Waals surface area (Å²) in [6.07, 6.45) is -0.270. The Bertz CT molecular complexity index is 1200. The normalized spacial score (nSPS) is 15.1. The number of hydrogen-bond donors (Lipinski definition) is 0. The molecule has 1 saturated heterocycles. The maximum absolute atomic E-state index is 13.0. The van der Waals surface area contributed by atoms with Crippen LogP contribution in [0.2, 0.25) is 0 Å². The van der Waals surface area contributed by atoms with Crippen LogP contribution in [0.1, 0.15) is 5.69 Å². The van der Waals surface area contributed by atoms with Gasteiger partial charge in [-0.1, -0.05) is 42.5 Å². The molecule has 1 aromatic heterocycles. The molecule has 3 aromatic rings. The second kappa shape index (κ2) is 7.50. The van der Waals surface area contributed by atoms with Gasteiger partial charge in [0.1, 0.15) is 11.9 Å². The fourth-order valence-corrected chi connectivity index (χ4v) is 4.83. The highest BCUT2D eigenvalue weighted by atomic mass is 32.2. The quantitative estimate of drug-likeness (QED) is 0.649. The largest absolute Gasteiger partial charge is 0.487 e. The Morgan fingerprint density at radius 2 is 1.62 bits per heavy atom. The number of nitrogens with zero attached hydrogens (tertiary/aromatic N) is 2. The predicted molar refractivity (Wildman–Crippen MR) is 111 cm³/mol. The molecule has 7 heteroatoms. The summed E-state index contributed by atoms with van der Waals surface area (Å²) >= 11 is 0. The zero-order valence-electron chi connectivity index (χ0n) is 16.3. The van der Waals surface area contributed by atoms with Crippen molar-refractivity contribution < 1.29 is 13.2 Å². The summed E-state index contributed by atoms with van der Waals surface area (Å²) in [6.45, 7) is 2.34. The smallest absolute Gasteiger partial charge is 0.254 e. The molecule has 29 heavy (non-hydrogen) atoms. The standard InChI is InChI=1S/C22H22N2O4S/c1-16-11-19(13-22(25)23(16)2)28-20-14-24(15-20)29(26,27)21-10-6-9-18(12-21)17-7-4-3-5-8-17/h3-13,20H,14-15H2,1-2H3. The van der Waals surface area contributed by atoms with E-state index >= 15 is 0 Å². The van der Waals surface area contributed by atoms with Gasteiger partial charge in [0.25, 0.3) is 5.56 Å². The Labute approximate surface area is 170 Å². The van der Waals surface area contributed by atoms with Crippen molar-refractivity contribution >= 4 is 10.0 Å². The molecule has 0 atom stereocenters. The SMILES string of the molecule is Cc1cc(OC2CN(S(=O)(=O)c3cccc(-c4ccccc4)c3)C2)cc(=O)n1C. The molecule has 0 spiro atoms. The highest BCUT2D eigenvalue weighted by Gasteiger charge is 2.38. The number of aryl methyl sites for hydroxylation is 1. The van der Waals surface area contributed by atoms with Crippen LogP contribution < -0.4 is 10.3 Å². The van der Waals surface area contributed by atoms with E-state index in [4.69, 9.17) is 4.74 Å². The van der Waals surface area contributed by atoms with E-state index in [1.807, 2.05) is 43.3 Å². The van der Waals surface area contributed by atoms with Gasteiger partial charge in [-0.3, -0.25) is 4.79 Å². The third-order valence-corrected chi connectivity index (χ3v) is 7.00. The molecule has 1 aliphatic heterocycles. The number of hydrogen-bond acceptors (Lipinski definition) is 4. The van der Waals surface area contributed by atoms with Gasteiger partial charge in [0.05, 0.1) is 18.0 Å². The molecule has 0 aliphatic carbocycles. The minimum atomic E-state index is -3.59. The van der Waals surface area contributed by atoms with Gasteiger partial charge in [-0.2, -0.15) is 4.31 Å². The maximum Gasteiger partial charge on any atom is 0.254 e. The average molecular weight is 410 g/mol. The van der Waals surface area contributed by atoms with Crippen molar-refractivity contribution in [2.24, 2.45) is 7.05 Å². The van der Waals surface area contributed by atoms with Crippen LogP contribution in [0.15, 0.2) is 76.4 Å². The summed E-state index contributed by atoms with van der Waals surface area (Å²) in [6, 6.07) is 19.8. The van der Waals surface area contributed by atoms with Gasteiger partial charge in [0.15, 0.2) is 0 Å². The molecule has 1 fully saturated rings. The number of sulfonamides is 1. The Morgan fingerprint density at radius 3 is 2.31 bits per heavy atom. The highest BCUT2D eigenvalue weighted by molar-refractivity contribution is 7.89. The molecule has 0 amide bonds. The van der Waals surface area contributed by atoms with Crippen LogP contribution in [0.5, 0.6) is 5.75 Å². The van der Waals surface area contributed by atoms with Gasteiger partial charge in [0, 0.05) is 18.8 Å². The van der Waals surface area contributed by atoms with Gasteiger partial charge < -0.3 is 9.30 Å². The Hall–Kier alpha value is -2.90. The average Bonchev–Trinajstić information content (AvgIpc) is 2.69. The van der Waals surface area contributed by atoms with E-state index in [1.165, 1.54) is 14.9 Å². The Kier molecular flexibility index (Phi) is 5.02. The van der Waals surface area contributed by atoms with Crippen LogP contribution in [0.3, 0.4) is 0 Å². The summed E-state index contributed by atoms with van der Waals surface area (Å²) in [5.74, 6) is 0.471. The molecule has 150 valence electrons. The summed E-state index contributed by atoms with van der Waals surface area (Å²) in [4.78, 5) is 12.1. The molecule has 0 saturated carbocycles. The first-order chi connectivity index (χ1) is 13.8. The van der Waals surface area contributed by atoms with E-state index in [1.54, 1.807) is 31.3 Å². The lowest BCUT2D eigenvalue weighted by molar-refractivity contribution is 0.0759. The zero-order chi connectivity index (χ0) is 20.6. The second-order valence-corrected chi connectivity index (χ2v) is 9.12. The van der Waals surface area contributed by atoms with Crippen molar-refractivity contribution in [1.29, 1.82) is 0 Å². The third-order valence-electron chi connectivity index (χ3n) is 5.17. The van der Waals surface area contributed by atoms with Gasteiger partial charge >= 0.3 is 0 Å². The third kappa shape index (κ3) is 3.83. The summed E-state index contributed by atoms with van der Waals surface area (Å²) < 4.78 is 34.7. The molecule has 1 aliphatic rings. The molecule has 0 unspecified atom stereocenters. The van der Waals surface area contributed by atoms with Crippen LogP contribution in [-0.2, 0) is 17.1 Å². The fourth-order valence-electron chi connectivity index (χ4n) is 3.28. The first-order valence-corrected chi connectivity index (χ1v) is 10.8. The van der Waals surface area contributed by atoms with Crippen LogP contribution >= 0.6 is 0 Å². The van der Waals surface area contributed by atoms with Crippen LogP contribution in [0, 0.1) is 6.92 Å². The fraction of sp³-hybridized carbons (Fsp3) is 0.227. The van der Waals surface area contributed by atoms with Gasteiger partial charge in [-0.25, -0.2) is 8.42 Å². The Morgan fingerprint density at radius 1 is 0.931 bits per heavy atom. The van der Waals surface area contributed by atoms with E-state index in [9.17, 15) is 13.2 Å². The summed E-state index contributed by atoms with van der Waals surface area (Å²) in [5, 5.41) is 0. The van der Waals surface area contributed by atoms with Crippen molar-refractivity contribution in [3.8, 4) is 16.9 Å². The second-order valence-electron chi connectivity index (χ2n) is 7.19. The minimum absolute atomic E-state index is 0.151. The van der Waals surface area contributed by atoms with E-state index in [0.717, 1.165) is 16.8 Å². The topological polar surface area (TPSA) is 68.6 Å². The van der Waals surface area contributed by atoms with E-state index < -0.39 is 10.0 Å². The molecular formula is C22H22N2O4S. The number of aromatic nitrogens is 1. The van der Waals surface area contributed by atoms with Gasteiger partial charge in [0.2, 0.25) is 10.0 Å². The maximum atomic E-state index is 13.0. The monoisotopic (exact) mass is 410 g/mol.